The zero-order valence-electron chi connectivity index (χ0n) is 6.54. The Bertz CT molecular complexity index is 237. The predicted octanol–water partition coefficient (Wildman–Crippen LogP) is 3.19. The number of thioether (sulfide) groups is 1. The van der Waals surface area contributed by atoms with Gasteiger partial charge in [-0.25, -0.2) is 0 Å². The molecule has 0 saturated heterocycles. The smallest absolute Gasteiger partial charge is 0.0414 e. The molecule has 0 aromatic carbocycles. The SMILES string of the molecule is CC(C)Sc1cnccc1I. The third kappa shape index (κ3) is 2.99. The topological polar surface area (TPSA) is 12.9 Å². The van der Waals surface area contributed by atoms with Crippen molar-refractivity contribution in [3.8, 4) is 0 Å². The van der Waals surface area contributed by atoms with E-state index in [0.717, 1.165) is 0 Å². The van der Waals surface area contributed by atoms with Gasteiger partial charge in [-0.15, -0.1) is 11.8 Å². The van der Waals surface area contributed by atoms with Gasteiger partial charge in [-0.05, 0) is 28.7 Å². The first-order valence-electron chi connectivity index (χ1n) is 3.46. The largest absolute Gasteiger partial charge is 0.263 e. The van der Waals surface area contributed by atoms with Crippen LogP contribution < -0.4 is 0 Å². The maximum Gasteiger partial charge on any atom is 0.0414 e. The van der Waals surface area contributed by atoms with Crippen LogP contribution >= 0.6 is 34.4 Å². The van der Waals surface area contributed by atoms with Crippen molar-refractivity contribution < 1.29 is 0 Å². The molecule has 3 heteroatoms. The third-order valence-corrected chi connectivity index (χ3v) is 3.45. The maximum absolute atomic E-state index is 4.07. The molecule has 0 amide bonds. The van der Waals surface area contributed by atoms with Gasteiger partial charge in [0.05, 0.1) is 0 Å². The Balaban J connectivity index is 2.78. The van der Waals surface area contributed by atoms with Crippen molar-refractivity contribution in [1.29, 1.82) is 0 Å². The molecule has 0 radical (unpaired) electrons. The quantitative estimate of drug-likeness (QED) is 0.609. The highest BCUT2D eigenvalue weighted by Gasteiger charge is 2.01. The molecular formula is C8H10INS. The second kappa shape index (κ2) is 4.30. The van der Waals surface area contributed by atoms with Crippen molar-refractivity contribution >= 4 is 34.4 Å². The van der Waals surface area contributed by atoms with Crippen molar-refractivity contribution in [2.24, 2.45) is 0 Å². The standard InChI is InChI=1S/C8H10INS/c1-6(2)11-8-5-10-4-3-7(8)9/h3-6H,1-2H3. The number of hydrogen-bond acceptors (Lipinski definition) is 2. The minimum absolute atomic E-state index is 0.632. The van der Waals surface area contributed by atoms with Gasteiger partial charge in [-0.1, -0.05) is 13.8 Å². The van der Waals surface area contributed by atoms with Gasteiger partial charge < -0.3 is 0 Å². The molecule has 0 atom stereocenters. The molecule has 1 rings (SSSR count). The molecular weight excluding hydrogens is 269 g/mol. The van der Waals surface area contributed by atoms with Gasteiger partial charge in [0.25, 0.3) is 0 Å². The van der Waals surface area contributed by atoms with E-state index in [-0.39, 0.29) is 0 Å². The van der Waals surface area contributed by atoms with E-state index in [2.05, 4.69) is 41.4 Å². The molecule has 11 heavy (non-hydrogen) atoms. The summed E-state index contributed by atoms with van der Waals surface area (Å²) in [5, 5.41) is 0.632. The van der Waals surface area contributed by atoms with E-state index in [1.165, 1.54) is 8.47 Å². The minimum Gasteiger partial charge on any atom is -0.263 e. The zero-order valence-corrected chi connectivity index (χ0v) is 9.52. The van der Waals surface area contributed by atoms with Crippen molar-refractivity contribution in [3.63, 3.8) is 0 Å². The van der Waals surface area contributed by atoms with Crippen LogP contribution in [-0.4, -0.2) is 10.2 Å². The first-order chi connectivity index (χ1) is 5.20. The Kier molecular flexibility index (Phi) is 3.65. The fourth-order valence-electron chi connectivity index (χ4n) is 0.704. The Hall–Kier alpha value is 0.230. The fraction of sp³-hybridized carbons (Fsp3) is 0.375. The van der Waals surface area contributed by atoms with Gasteiger partial charge in [0.1, 0.15) is 0 Å². The van der Waals surface area contributed by atoms with Crippen LogP contribution in [-0.2, 0) is 0 Å². The number of rotatable bonds is 2. The van der Waals surface area contributed by atoms with Crippen LogP contribution in [0.5, 0.6) is 0 Å². The first-order valence-corrected chi connectivity index (χ1v) is 5.42. The molecule has 60 valence electrons. The molecule has 0 aliphatic carbocycles. The summed E-state index contributed by atoms with van der Waals surface area (Å²) in [6.07, 6.45) is 3.75. The van der Waals surface area contributed by atoms with E-state index in [1.54, 1.807) is 0 Å². The highest BCUT2D eigenvalue weighted by atomic mass is 127. The Morgan fingerprint density at radius 1 is 1.55 bits per heavy atom. The van der Waals surface area contributed by atoms with E-state index >= 15 is 0 Å². The number of pyridine rings is 1. The van der Waals surface area contributed by atoms with Gasteiger partial charge in [0, 0.05) is 26.1 Å². The number of aromatic nitrogens is 1. The van der Waals surface area contributed by atoms with E-state index < -0.39 is 0 Å². The van der Waals surface area contributed by atoms with Crippen LogP contribution in [0.3, 0.4) is 0 Å². The molecule has 1 nitrogen and oxygen atoms in total. The monoisotopic (exact) mass is 279 g/mol. The van der Waals surface area contributed by atoms with E-state index in [9.17, 15) is 0 Å². The van der Waals surface area contributed by atoms with Gasteiger partial charge >= 0.3 is 0 Å². The molecule has 1 aromatic heterocycles. The lowest BCUT2D eigenvalue weighted by Gasteiger charge is -2.04. The zero-order chi connectivity index (χ0) is 8.27. The van der Waals surface area contributed by atoms with E-state index in [4.69, 9.17) is 0 Å². The number of halogens is 1. The van der Waals surface area contributed by atoms with E-state index in [0.29, 0.717) is 5.25 Å². The number of hydrogen-bond donors (Lipinski definition) is 0. The summed E-state index contributed by atoms with van der Waals surface area (Å²) >= 11 is 4.19. The summed E-state index contributed by atoms with van der Waals surface area (Å²) in [5.74, 6) is 0. The summed E-state index contributed by atoms with van der Waals surface area (Å²) < 4.78 is 1.29. The van der Waals surface area contributed by atoms with Crippen molar-refractivity contribution in [1.82, 2.24) is 4.98 Å². The van der Waals surface area contributed by atoms with Crippen molar-refractivity contribution in [2.45, 2.75) is 24.0 Å². The molecule has 0 spiro atoms. The van der Waals surface area contributed by atoms with Crippen LogP contribution in [0.25, 0.3) is 0 Å². The molecule has 0 aliphatic heterocycles. The molecule has 0 N–H and O–H groups in total. The Morgan fingerprint density at radius 2 is 2.27 bits per heavy atom. The molecule has 1 heterocycles. The summed E-state index contributed by atoms with van der Waals surface area (Å²) in [7, 11) is 0. The van der Waals surface area contributed by atoms with Gasteiger partial charge in [0.2, 0.25) is 0 Å². The van der Waals surface area contributed by atoms with Gasteiger partial charge in [-0.2, -0.15) is 0 Å². The average Bonchev–Trinajstić information content (AvgIpc) is 1.93. The summed E-state index contributed by atoms with van der Waals surface area (Å²) in [6.45, 7) is 4.38. The fourth-order valence-corrected chi connectivity index (χ4v) is 2.20. The van der Waals surface area contributed by atoms with Crippen LogP contribution in [0.2, 0.25) is 0 Å². The highest BCUT2D eigenvalue weighted by molar-refractivity contribution is 14.1. The van der Waals surface area contributed by atoms with Crippen LogP contribution in [0.15, 0.2) is 23.4 Å². The van der Waals surface area contributed by atoms with Crippen LogP contribution in [0.4, 0.5) is 0 Å². The Labute approximate surface area is 85.1 Å². The summed E-state index contributed by atoms with van der Waals surface area (Å²) in [5.41, 5.74) is 0. The molecule has 0 bridgehead atoms. The Morgan fingerprint density at radius 3 is 2.82 bits per heavy atom. The lowest BCUT2D eigenvalue weighted by atomic mass is 10.5. The molecule has 0 saturated carbocycles. The summed E-state index contributed by atoms with van der Waals surface area (Å²) in [4.78, 5) is 5.35. The average molecular weight is 279 g/mol. The third-order valence-electron chi connectivity index (χ3n) is 1.10. The van der Waals surface area contributed by atoms with Gasteiger partial charge in [0.15, 0.2) is 0 Å². The first kappa shape index (κ1) is 9.32. The van der Waals surface area contributed by atoms with Crippen LogP contribution in [0, 0.1) is 3.57 Å². The molecule has 0 aliphatic rings. The predicted molar refractivity (Wildman–Crippen MR) is 57.9 cm³/mol. The molecule has 1 aromatic rings. The molecule has 0 unspecified atom stereocenters. The molecule has 0 fully saturated rings. The second-order valence-electron chi connectivity index (χ2n) is 2.47. The van der Waals surface area contributed by atoms with Gasteiger partial charge in [-0.3, -0.25) is 4.98 Å². The second-order valence-corrected chi connectivity index (χ2v) is 5.25. The summed E-state index contributed by atoms with van der Waals surface area (Å²) in [6, 6.07) is 2.03. The maximum atomic E-state index is 4.07. The van der Waals surface area contributed by atoms with E-state index in [1.807, 2.05) is 30.2 Å². The lowest BCUT2D eigenvalue weighted by Crippen LogP contribution is -1.88. The lowest BCUT2D eigenvalue weighted by molar-refractivity contribution is 1.10. The van der Waals surface area contributed by atoms with Crippen molar-refractivity contribution in [3.05, 3.63) is 22.0 Å². The van der Waals surface area contributed by atoms with Crippen LogP contribution in [0.1, 0.15) is 13.8 Å². The van der Waals surface area contributed by atoms with Crippen molar-refractivity contribution in [2.75, 3.05) is 0 Å². The normalized spacial score (nSPS) is 10.5. The highest BCUT2D eigenvalue weighted by Crippen LogP contribution is 2.26. The minimum atomic E-state index is 0.632. The number of nitrogens with zero attached hydrogens (tertiary/aromatic N) is 1.